The Hall–Kier alpha value is -1.66. The lowest BCUT2D eigenvalue weighted by atomic mass is 9.96. The smallest absolute Gasteiger partial charge is 0.321 e. The van der Waals surface area contributed by atoms with Crippen molar-refractivity contribution in [3.63, 3.8) is 0 Å². The molecule has 120 valence electrons. The van der Waals surface area contributed by atoms with Crippen LogP contribution in [-0.4, -0.2) is 43.5 Å². The van der Waals surface area contributed by atoms with Gasteiger partial charge in [0.15, 0.2) is 6.29 Å². The topological polar surface area (TPSA) is 50.8 Å². The normalized spacial score (nSPS) is 20.4. The van der Waals surface area contributed by atoms with E-state index in [1.807, 2.05) is 6.92 Å². The highest BCUT2D eigenvalue weighted by Crippen LogP contribution is 2.26. The molecule has 1 aromatic carbocycles. The highest BCUT2D eigenvalue weighted by atomic mass is 19.1. The summed E-state index contributed by atoms with van der Waals surface area (Å²) < 4.78 is 24.8. The minimum absolute atomic E-state index is 0.125. The van der Waals surface area contributed by atoms with Crippen LogP contribution in [0.4, 0.5) is 14.9 Å². The number of nitrogens with one attached hydrogen (secondary N) is 1. The van der Waals surface area contributed by atoms with Crippen molar-refractivity contribution in [1.29, 1.82) is 0 Å². The SMILES string of the molecule is Cc1ccc(NC(=O)N2CCC(C3OCCO3)CC2)c(F)c1. The molecule has 0 bridgehead atoms. The number of aryl methyl sites for hydroxylation is 1. The van der Waals surface area contributed by atoms with Gasteiger partial charge in [-0.1, -0.05) is 6.07 Å². The molecule has 2 saturated heterocycles. The summed E-state index contributed by atoms with van der Waals surface area (Å²) in [5.41, 5.74) is 1.05. The summed E-state index contributed by atoms with van der Waals surface area (Å²) >= 11 is 0. The third kappa shape index (κ3) is 3.39. The minimum Gasteiger partial charge on any atom is -0.350 e. The summed E-state index contributed by atoms with van der Waals surface area (Å²) in [6.45, 7) is 4.38. The average molecular weight is 308 g/mol. The molecule has 1 aromatic rings. The quantitative estimate of drug-likeness (QED) is 0.914. The molecule has 5 nitrogen and oxygen atoms in total. The van der Waals surface area contributed by atoms with Crippen LogP contribution in [0.2, 0.25) is 0 Å². The van der Waals surface area contributed by atoms with Gasteiger partial charge in [-0.15, -0.1) is 0 Å². The van der Waals surface area contributed by atoms with Crippen LogP contribution in [0.15, 0.2) is 18.2 Å². The minimum atomic E-state index is -0.406. The lowest BCUT2D eigenvalue weighted by Crippen LogP contribution is -2.43. The molecular formula is C16H21FN2O3. The van der Waals surface area contributed by atoms with E-state index in [1.54, 1.807) is 17.0 Å². The standard InChI is InChI=1S/C16H21FN2O3/c1-11-2-3-14(13(17)10-11)18-16(20)19-6-4-12(5-7-19)15-21-8-9-22-15/h2-3,10,12,15H,4-9H2,1H3,(H,18,20). The number of carbonyl (C=O) groups excluding carboxylic acids is 1. The maximum Gasteiger partial charge on any atom is 0.321 e. The summed E-state index contributed by atoms with van der Waals surface area (Å²) in [5, 5.41) is 2.64. The molecule has 0 spiro atoms. The van der Waals surface area contributed by atoms with Crippen molar-refractivity contribution in [2.75, 3.05) is 31.6 Å². The number of nitrogens with zero attached hydrogens (tertiary/aromatic N) is 1. The van der Waals surface area contributed by atoms with Crippen LogP contribution in [0.25, 0.3) is 0 Å². The zero-order valence-corrected chi connectivity index (χ0v) is 12.7. The Morgan fingerprint density at radius 3 is 2.59 bits per heavy atom. The molecule has 1 N–H and O–H groups in total. The Morgan fingerprint density at radius 2 is 1.95 bits per heavy atom. The van der Waals surface area contributed by atoms with E-state index in [1.165, 1.54) is 6.07 Å². The van der Waals surface area contributed by atoms with Crippen molar-refractivity contribution >= 4 is 11.7 Å². The number of hydrogen-bond acceptors (Lipinski definition) is 3. The third-order valence-electron chi connectivity index (χ3n) is 4.23. The van der Waals surface area contributed by atoms with E-state index < -0.39 is 5.82 Å². The molecule has 0 saturated carbocycles. The first kappa shape index (κ1) is 15.2. The van der Waals surface area contributed by atoms with Gasteiger partial charge in [0.05, 0.1) is 18.9 Å². The number of rotatable bonds is 2. The zero-order valence-electron chi connectivity index (χ0n) is 12.7. The summed E-state index contributed by atoms with van der Waals surface area (Å²) in [4.78, 5) is 13.9. The molecule has 2 amide bonds. The predicted molar refractivity (Wildman–Crippen MR) is 80.1 cm³/mol. The van der Waals surface area contributed by atoms with Crippen LogP contribution in [0.5, 0.6) is 0 Å². The van der Waals surface area contributed by atoms with Gasteiger partial charge in [0.2, 0.25) is 0 Å². The first-order chi connectivity index (χ1) is 10.6. The van der Waals surface area contributed by atoms with Crippen molar-refractivity contribution in [2.24, 2.45) is 5.92 Å². The predicted octanol–water partition coefficient (Wildman–Crippen LogP) is 2.75. The molecule has 0 unspecified atom stereocenters. The number of piperidine rings is 1. The van der Waals surface area contributed by atoms with Gasteiger partial charge in [-0.3, -0.25) is 0 Å². The Kier molecular flexibility index (Phi) is 4.59. The number of carbonyl (C=O) groups is 1. The van der Waals surface area contributed by atoms with Gasteiger partial charge in [0, 0.05) is 19.0 Å². The van der Waals surface area contributed by atoms with E-state index >= 15 is 0 Å². The number of hydrogen-bond donors (Lipinski definition) is 1. The highest BCUT2D eigenvalue weighted by Gasteiger charge is 2.31. The van der Waals surface area contributed by atoms with Crippen molar-refractivity contribution in [3.05, 3.63) is 29.6 Å². The number of ether oxygens (including phenoxy) is 2. The van der Waals surface area contributed by atoms with Gasteiger partial charge in [-0.2, -0.15) is 0 Å². The first-order valence-corrected chi connectivity index (χ1v) is 7.69. The van der Waals surface area contributed by atoms with Crippen LogP contribution in [0.1, 0.15) is 18.4 Å². The Balaban J connectivity index is 1.53. The fraction of sp³-hybridized carbons (Fsp3) is 0.562. The second kappa shape index (κ2) is 6.62. The van der Waals surface area contributed by atoms with Gasteiger partial charge in [-0.05, 0) is 37.5 Å². The molecule has 3 rings (SSSR count). The molecule has 0 radical (unpaired) electrons. The Morgan fingerprint density at radius 1 is 1.27 bits per heavy atom. The molecule has 2 aliphatic rings. The fourth-order valence-electron chi connectivity index (χ4n) is 2.94. The van der Waals surface area contributed by atoms with Crippen LogP contribution in [0.3, 0.4) is 0 Å². The van der Waals surface area contributed by atoms with Gasteiger partial charge < -0.3 is 19.7 Å². The Bertz CT molecular complexity index is 538. The summed E-state index contributed by atoms with van der Waals surface area (Å²) in [6, 6.07) is 4.53. The molecule has 6 heteroatoms. The number of amides is 2. The van der Waals surface area contributed by atoms with Crippen LogP contribution in [-0.2, 0) is 9.47 Å². The molecule has 2 aliphatic heterocycles. The maximum absolute atomic E-state index is 13.8. The average Bonchev–Trinajstić information content (AvgIpc) is 3.04. The summed E-state index contributed by atoms with van der Waals surface area (Å²) in [6.07, 6.45) is 1.56. The first-order valence-electron chi connectivity index (χ1n) is 7.69. The van der Waals surface area contributed by atoms with Crippen molar-refractivity contribution in [1.82, 2.24) is 4.90 Å². The lowest BCUT2D eigenvalue weighted by Gasteiger charge is -2.33. The summed E-state index contributed by atoms with van der Waals surface area (Å²) in [7, 11) is 0. The molecule has 2 fully saturated rings. The van der Waals surface area contributed by atoms with Crippen LogP contribution >= 0.6 is 0 Å². The second-order valence-electron chi connectivity index (χ2n) is 5.85. The van der Waals surface area contributed by atoms with E-state index in [4.69, 9.17) is 9.47 Å². The molecule has 0 aliphatic carbocycles. The summed E-state index contributed by atoms with van der Waals surface area (Å²) in [5.74, 6) is -0.0707. The molecule has 22 heavy (non-hydrogen) atoms. The molecule has 0 aromatic heterocycles. The van der Waals surface area contributed by atoms with E-state index in [0.29, 0.717) is 32.2 Å². The number of likely N-dealkylation sites (tertiary alicyclic amines) is 1. The van der Waals surface area contributed by atoms with Crippen molar-refractivity contribution < 1.29 is 18.7 Å². The maximum atomic E-state index is 13.8. The largest absolute Gasteiger partial charge is 0.350 e. The molecular weight excluding hydrogens is 287 g/mol. The van der Waals surface area contributed by atoms with Crippen molar-refractivity contribution in [2.45, 2.75) is 26.1 Å². The van der Waals surface area contributed by atoms with Crippen LogP contribution < -0.4 is 5.32 Å². The fourth-order valence-corrected chi connectivity index (χ4v) is 2.94. The van der Waals surface area contributed by atoms with E-state index in [0.717, 1.165) is 18.4 Å². The molecule has 2 heterocycles. The molecule has 0 atom stereocenters. The third-order valence-corrected chi connectivity index (χ3v) is 4.23. The van der Waals surface area contributed by atoms with E-state index in [9.17, 15) is 9.18 Å². The van der Waals surface area contributed by atoms with E-state index in [-0.39, 0.29) is 18.0 Å². The van der Waals surface area contributed by atoms with E-state index in [2.05, 4.69) is 5.32 Å². The number of urea groups is 1. The van der Waals surface area contributed by atoms with Crippen molar-refractivity contribution in [3.8, 4) is 0 Å². The second-order valence-corrected chi connectivity index (χ2v) is 5.85. The number of anilines is 1. The van der Waals surface area contributed by atoms with Gasteiger partial charge in [-0.25, -0.2) is 9.18 Å². The van der Waals surface area contributed by atoms with Gasteiger partial charge in [0.25, 0.3) is 0 Å². The van der Waals surface area contributed by atoms with Gasteiger partial charge >= 0.3 is 6.03 Å². The number of halogens is 1. The highest BCUT2D eigenvalue weighted by molar-refractivity contribution is 5.89. The zero-order chi connectivity index (χ0) is 15.5. The monoisotopic (exact) mass is 308 g/mol. The van der Waals surface area contributed by atoms with Crippen LogP contribution in [0, 0.1) is 18.7 Å². The Labute approximate surface area is 129 Å². The van der Waals surface area contributed by atoms with Gasteiger partial charge in [0.1, 0.15) is 5.82 Å². The number of benzene rings is 1. The lowest BCUT2D eigenvalue weighted by molar-refractivity contribution is -0.0950.